The van der Waals surface area contributed by atoms with Crippen LogP contribution in [-0.2, 0) is 0 Å². The van der Waals surface area contributed by atoms with Crippen molar-refractivity contribution in [2.75, 3.05) is 6.61 Å². The fourth-order valence-electron chi connectivity index (χ4n) is 2.64. The van der Waals surface area contributed by atoms with Crippen molar-refractivity contribution in [1.29, 1.82) is 0 Å². The van der Waals surface area contributed by atoms with Crippen molar-refractivity contribution < 1.29 is 9.84 Å². The molecule has 1 aliphatic carbocycles. The first kappa shape index (κ1) is 13.4. The molecule has 2 rings (SSSR count). The average molecular weight is 248 g/mol. The number of rotatable bonds is 6. The molecule has 0 amide bonds. The Hall–Kier alpha value is -1.02. The van der Waals surface area contributed by atoms with Gasteiger partial charge in [-0.05, 0) is 42.9 Å². The fourth-order valence-corrected chi connectivity index (χ4v) is 2.64. The van der Waals surface area contributed by atoms with Crippen LogP contribution in [0.5, 0.6) is 5.75 Å². The number of aliphatic hydroxyl groups excluding tert-OH is 1. The van der Waals surface area contributed by atoms with E-state index in [0.29, 0.717) is 5.92 Å². The molecule has 0 radical (unpaired) electrons. The monoisotopic (exact) mass is 248 g/mol. The first-order chi connectivity index (χ1) is 8.81. The smallest absolute Gasteiger partial charge is 0.119 e. The lowest BCUT2D eigenvalue weighted by atomic mass is 9.94. The fraction of sp³-hybridized carbons (Fsp3) is 0.625. The molecule has 1 unspecified atom stereocenters. The maximum absolute atomic E-state index is 10.3. The minimum Gasteiger partial charge on any atom is -0.494 e. The van der Waals surface area contributed by atoms with Crippen molar-refractivity contribution in [3.63, 3.8) is 0 Å². The largest absolute Gasteiger partial charge is 0.494 e. The van der Waals surface area contributed by atoms with Crippen molar-refractivity contribution >= 4 is 0 Å². The van der Waals surface area contributed by atoms with Crippen LogP contribution < -0.4 is 4.74 Å². The molecule has 100 valence electrons. The number of hydrogen-bond acceptors (Lipinski definition) is 2. The highest BCUT2D eigenvalue weighted by Crippen LogP contribution is 2.35. The molecule has 2 heteroatoms. The summed E-state index contributed by atoms with van der Waals surface area (Å²) in [5.74, 6) is 1.36. The first-order valence-corrected chi connectivity index (χ1v) is 7.22. The van der Waals surface area contributed by atoms with Gasteiger partial charge in [0.25, 0.3) is 0 Å². The molecule has 1 saturated carbocycles. The molecular formula is C16H24O2. The van der Waals surface area contributed by atoms with E-state index in [-0.39, 0.29) is 6.10 Å². The standard InChI is InChI=1S/C16H24O2/c1-2-3-12-18-15-10-8-14(9-11-15)16(17)13-6-4-5-7-13/h8-11,13,16-17H,2-7,12H2,1H3. The van der Waals surface area contributed by atoms with Gasteiger partial charge in [-0.25, -0.2) is 0 Å². The summed E-state index contributed by atoms with van der Waals surface area (Å²) in [5.41, 5.74) is 1.03. The van der Waals surface area contributed by atoms with E-state index in [9.17, 15) is 5.11 Å². The molecule has 1 aliphatic rings. The van der Waals surface area contributed by atoms with E-state index in [1.807, 2.05) is 24.3 Å². The molecule has 0 aliphatic heterocycles. The van der Waals surface area contributed by atoms with Gasteiger partial charge < -0.3 is 9.84 Å². The molecule has 1 aromatic carbocycles. The maximum atomic E-state index is 10.3. The molecule has 0 spiro atoms. The van der Waals surface area contributed by atoms with Gasteiger partial charge in [0.1, 0.15) is 5.75 Å². The summed E-state index contributed by atoms with van der Waals surface area (Å²) in [6.45, 7) is 2.94. The Balaban J connectivity index is 1.89. The van der Waals surface area contributed by atoms with Crippen LogP contribution in [0.2, 0.25) is 0 Å². The Morgan fingerprint density at radius 1 is 1.22 bits per heavy atom. The Morgan fingerprint density at radius 2 is 1.89 bits per heavy atom. The predicted octanol–water partition coefficient (Wildman–Crippen LogP) is 4.09. The summed E-state index contributed by atoms with van der Waals surface area (Å²) in [4.78, 5) is 0. The average Bonchev–Trinajstić information content (AvgIpc) is 2.93. The van der Waals surface area contributed by atoms with Crippen LogP contribution in [0.15, 0.2) is 24.3 Å². The molecule has 0 heterocycles. The lowest BCUT2D eigenvalue weighted by Gasteiger charge is -2.18. The van der Waals surface area contributed by atoms with Crippen LogP contribution in [0.1, 0.15) is 57.1 Å². The number of benzene rings is 1. The van der Waals surface area contributed by atoms with Crippen LogP contribution >= 0.6 is 0 Å². The van der Waals surface area contributed by atoms with Gasteiger partial charge in [-0.15, -0.1) is 0 Å². The first-order valence-electron chi connectivity index (χ1n) is 7.22. The van der Waals surface area contributed by atoms with Crippen LogP contribution in [0.4, 0.5) is 0 Å². The van der Waals surface area contributed by atoms with E-state index in [4.69, 9.17) is 4.74 Å². The van der Waals surface area contributed by atoms with Crippen LogP contribution in [-0.4, -0.2) is 11.7 Å². The summed E-state index contributed by atoms with van der Waals surface area (Å²) in [6.07, 6.45) is 6.80. The quantitative estimate of drug-likeness (QED) is 0.768. The SMILES string of the molecule is CCCCOc1ccc(C(O)C2CCCC2)cc1. The molecule has 18 heavy (non-hydrogen) atoms. The van der Waals surface area contributed by atoms with Crippen molar-refractivity contribution in [2.24, 2.45) is 5.92 Å². The minimum absolute atomic E-state index is 0.294. The molecule has 2 nitrogen and oxygen atoms in total. The van der Waals surface area contributed by atoms with Gasteiger partial charge in [0.15, 0.2) is 0 Å². The van der Waals surface area contributed by atoms with Gasteiger partial charge >= 0.3 is 0 Å². The normalized spacial score (nSPS) is 17.9. The minimum atomic E-state index is -0.294. The topological polar surface area (TPSA) is 29.5 Å². The zero-order valence-electron chi connectivity index (χ0n) is 11.3. The second-order valence-electron chi connectivity index (χ2n) is 5.26. The number of aliphatic hydroxyl groups is 1. The Morgan fingerprint density at radius 3 is 2.50 bits per heavy atom. The van der Waals surface area contributed by atoms with E-state index in [0.717, 1.165) is 43.6 Å². The number of unbranched alkanes of at least 4 members (excludes halogenated alkanes) is 1. The van der Waals surface area contributed by atoms with E-state index in [2.05, 4.69) is 6.92 Å². The molecule has 0 bridgehead atoms. The highest BCUT2D eigenvalue weighted by molar-refractivity contribution is 5.28. The highest BCUT2D eigenvalue weighted by atomic mass is 16.5. The molecule has 0 saturated heterocycles. The number of ether oxygens (including phenoxy) is 1. The van der Waals surface area contributed by atoms with Crippen molar-refractivity contribution in [2.45, 2.75) is 51.6 Å². The molecule has 0 aromatic heterocycles. The van der Waals surface area contributed by atoms with Crippen LogP contribution in [0.25, 0.3) is 0 Å². The van der Waals surface area contributed by atoms with Gasteiger partial charge in [-0.1, -0.05) is 38.3 Å². The van der Waals surface area contributed by atoms with Gasteiger partial charge in [0.2, 0.25) is 0 Å². The molecular weight excluding hydrogens is 224 g/mol. The molecule has 1 fully saturated rings. The van der Waals surface area contributed by atoms with Gasteiger partial charge in [-0.2, -0.15) is 0 Å². The van der Waals surface area contributed by atoms with Crippen LogP contribution in [0, 0.1) is 5.92 Å². The van der Waals surface area contributed by atoms with E-state index >= 15 is 0 Å². The Kier molecular flexibility index (Phi) is 5.06. The van der Waals surface area contributed by atoms with E-state index < -0.39 is 0 Å². The van der Waals surface area contributed by atoms with Gasteiger partial charge in [-0.3, -0.25) is 0 Å². The second kappa shape index (κ2) is 6.79. The molecule has 1 atom stereocenters. The molecule has 1 aromatic rings. The van der Waals surface area contributed by atoms with Gasteiger partial charge in [0.05, 0.1) is 12.7 Å². The second-order valence-corrected chi connectivity index (χ2v) is 5.26. The zero-order chi connectivity index (χ0) is 12.8. The molecule has 1 N–H and O–H groups in total. The van der Waals surface area contributed by atoms with Crippen molar-refractivity contribution in [3.05, 3.63) is 29.8 Å². The maximum Gasteiger partial charge on any atom is 0.119 e. The van der Waals surface area contributed by atoms with Crippen LogP contribution in [0.3, 0.4) is 0 Å². The summed E-state index contributed by atoms with van der Waals surface area (Å²) >= 11 is 0. The third kappa shape index (κ3) is 3.49. The van der Waals surface area contributed by atoms with Crippen molar-refractivity contribution in [3.8, 4) is 5.75 Å². The van der Waals surface area contributed by atoms with Gasteiger partial charge in [0, 0.05) is 0 Å². The third-order valence-electron chi connectivity index (χ3n) is 3.83. The summed E-state index contributed by atoms with van der Waals surface area (Å²) in [5, 5.41) is 10.3. The number of hydrogen-bond donors (Lipinski definition) is 1. The lowest BCUT2D eigenvalue weighted by Crippen LogP contribution is -2.08. The third-order valence-corrected chi connectivity index (χ3v) is 3.83. The Labute approximate surface area is 110 Å². The zero-order valence-corrected chi connectivity index (χ0v) is 11.3. The lowest BCUT2D eigenvalue weighted by molar-refractivity contribution is 0.111. The summed E-state index contributed by atoms with van der Waals surface area (Å²) in [6, 6.07) is 7.96. The predicted molar refractivity (Wildman–Crippen MR) is 73.8 cm³/mol. The Bertz CT molecular complexity index is 339. The van der Waals surface area contributed by atoms with E-state index in [1.54, 1.807) is 0 Å². The highest BCUT2D eigenvalue weighted by Gasteiger charge is 2.24. The van der Waals surface area contributed by atoms with E-state index in [1.165, 1.54) is 12.8 Å². The van der Waals surface area contributed by atoms with Crippen molar-refractivity contribution in [1.82, 2.24) is 0 Å². The summed E-state index contributed by atoms with van der Waals surface area (Å²) < 4.78 is 5.62. The summed E-state index contributed by atoms with van der Waals surface area (Å²) in [7, 11) is 0.